The van der Waals surface area contributed by atoms with E-state index in [1.807, 2.05) is 19.2 Å². The van der Waals surface area contributed by atoms with Gasteiger partial charge in [-0.3, -0.25) is 9.69 Å². The molecule has 2 aliphatic heterocycles. The summed E-state index contributed by atoms with van der Waals surface area (Å²) in [6.45, 7) is 4.58. The molecule has 3 heterocycles. The molecule has 9 heteroatoms. The fourth-order valence-corrected chi connectivity index (χ4v) is 4.32. The Labute approximate surface area is 171 Å². The second kappa shape index (κ2) is 9.68. The third-order valence-corrected chi connectivity index (χ3v) is 5.59. The summed E-state index contributed by atoms with van der Waals surface area (Å²) in [7, 11) is 1.94. The van der Waals surface area contributed by atoms with E-state index in [1.165, 1.54) is 0 Å². The normalized spacial score (nSPS) is 22.9. The summed E-state index contributed by atoms with van der Waals surface area (Å²) in [6.07, 6.45) is 2.74. The zero-order valence-corrected chi connectivity index (χ0v) is 17.1. The number of halogens is 2. The molecule has 0 saturated carbocycles. The minimum absolute atomic E-state index is 0. The number of amides is 1. The Hall–Kier alpha value is -1.41. The highest BCUT2D eigenvalue weighted by Crippen LogP contribution is 2.32. The summed E-state index contributed by atoms with van der Waals surface area (Å²) >= 11 is 0. The Balaban J connectivity index is 0.00000131. The number of likely N-dealkylation sites (tertiary alicyclic amines) is 2. The van der Waals surface area contributed by atoms with Crippen LogP contribution in [0.5, 0.6) is 0 Å². The smallest absolute Gasteiger partial charge is 0.222 e. The fraction of sp³-hybridized carbons (Fsp3) is 0.611. The van der Waals surface area contributed by atoms with Crippen molar-refractivity contribution in [2.24, 2.45) is 5.92 Å². The second-order valence-corrected chi connectivity index (χ2v) is 7.13. The molecule has 2 fully saturated rings. The first-order valence-electron chi connectivity index (χ1n) is 9.13. The number of rotatable bonds is 5. The molecule has 2 aromatic rings. The highest BCUT2D eigenvalue weighted by atomic mass is 35.5. The van der Waals surface area contributed by atoms with Gasteiger partial charge in [0, 0.05) is 45.2 Å². The maximum atomic E-state index is 12.3. The average molecular weight is 416 g/mol. The first-order valence-corrected chi connectivity index (χ1v) is 9.13. The monoisotopic (exact) mass is 415 g/mol. The van der Waals surface area contributed by atoms with Crippen molar-refractivity contribution in [3.63, 3.8) is 0 Å². The highest BCUT2D eigenvalue weighted by Gasteiger charge is 2.38. The van der Waals surface area contributed by atoms with Crippen molar-refractivity contribution >= 4 is 41.8 Å². The van der Waals surface area contributed by atoms with Crippen LogP contribution >= 0.6 is 24.8 Å². The highest BCUT2D eigenvalue weighted by molar-refractivity contribution is 5.85. The molecule has 7 nitrogen and oxygen atoms in total. The van der Waals surface area contributed by atoms with Gasteiger partial charge >= 0.3 is 0 Å². The molecule has 0 unspecified atom stereocenters. The maximum Gasteiger partial charge on any atom is 0.222 e. The Morgan fingerprint density at radius 1 is 1.26 bits per heavy atom. The van der Waals surface area contributed by atoms with E-state index < -0.39 is 0 Å². The van der Waals surface area contributed by atoms with Gasteiger partial charge in [0.05, 0.1) is 0 Å². The van der Waals surface area contributed by atoms with Crippen LogP contribution < -0.4 is 5.32 Å². The van der Waals surface area contributed by atoms with Crippen molar-refractivity contribution in [3.05, 3.63) is 23.8 Å². The minimum Gasteiger partial charge on any atom is -0.338 e. The zero-order valence-electron chi connectivity index (χ0n) is 15.5. The number of nitrogens with one attached hydrogen (secondary N) is 1. The summed E-state index contributed by atoms with van der Waals surface area (Å²) in [5.41, 5.74) is 2.84. The molecule has 1 aromatic heterocycles. The summed E-state index contributed by atoms with van der Waals surface area (Å²) in [4.78, 5) is 16.9. The first-order chi connectivity index (χ1) is 12.3. The topological polar surface area (TPSA) is 74.5 Å². The van der Waals surface area contributed by atoms with E-state index in [0.717, 1.165) is 62.2 Å². The van der Waals surface area contributed by atoms with Crippen molar-refractivity contribution in [2.45, 2.75) is 31.8 Å². The van der Waals surface area contributed by atoms with Gasteiger partial charge < -0.3 is 10.2 Å². The maximum absolute atomic E-state index is 12.3. The van der Waals surface area contributed by atoms with Crippen molar-refractivity contribution in [1.29, 1.82) is 0 Å². The third kappa shape index (κ3) is 4.54. The minimum atomic E-state index is 0. The van der Waals surface area contributed by atoms with Gasteiger partial charge in [0.15, 0.2) is 0 Å². The summed E-state index contributed by atoms with van der Waals surface area (Å²) < 4.78 is 4.88. The van der Waals surface area contributed by atoms with E-state index in [1.54, 1.807) is 0 Å². The SMILES string of the molecule is CNCCN1C(=O)CC[C@H]2CN(Cc3cccc4nonc34)CC[C@H]21.Cl.Cl. The van der Waals surface area contributed by atoms with E-state index >= 15 is 0 Å². The van der Waals surface area contributed by atoms with Crippen molar-refractivity contribution in [1.82, 2.24) is 25.4 Å². The van der Waals surface area contributed by atoms with Crippen LogP contribution in [0.4, 0.5) is 0 Å². The van der Waals surface area contributed by atoms with Gasteiger partial charge in [-0.1, -0.05) is 12.1 Å². The van der Waals surface area contributed by atoms with Crippen molar-refractivity contribution < 1.29 is 9.42 Å². The predicted molar refractivity (Wildman–Crippen MR) is 108 cm³/mol. The number of piperidine rings is 2. The first kappa shape index (κ1) is 21.9. The van der Waals surface area contributed by atoms with E-state index in [-0.39, 0.29) is 24.8 Å². The van der Waals surface area contributed by atoms with E-state index in [4.69, 9.17) is 4.63 Å². The van der Waals surface area contributed by atoms with Gasteiger partial charge in [-0.2, -0.15) is 0 Å². The quantitative estimate of drug-likeness (QED) is 0.805. The second-order valence-electron chi connectivity index (χ2n) is 7.13. The van der Waals surface area contributed by atoms with Gasteiger partial charge in [-0.15, -0.1) is 24.8 Å². The molecule has 4 rings (SSSR count). The van der Waals surface area contributed by atoms with E-state index in [0.29, 0.717) is 24.3 Å². The van der Waals surface area contributed by atoms with Crippen LogP contribution in [0.2, 0.25) is 0 Å². The molecule has 0 spiro atoms. The number of fused-ring (bicyclic) bond motifs is 2. The lowest BCUT2D eigenvalue weighted by molar-refractivity contribution is -0.141. The number of nitrogens with zero attached hydrogens (tertiary/aromatic N) is 4. The zero-order chi connectivity index (χ0) is 17.2. The molecule has 0 bridgehead atoms. The molecule has 1 aromatic carbocycles. The Morgan fingerprint density at radius 2 is 2.11 bits per heavy atom. The Bertz CT molecular complexity index is 756. The molecular weight excluding hydrogens is 389 g/mol. The molecule has 150 valence electrons. The van der Waals surface area contributed by atoms with Crippen LogP contribution in [0.1, 0.15) is 24.8 Å². The third-order valence-electron chi connectivity index (χ3n) is 5.59. The molecule has 2 atom stereocenters. The van der Waals surface area contributed by atoms with Crippen molar-refractivity contribution in [3.8, 4) is 0 Å². The lowest BCUT2D eigenvalue weighted by Gasteiger charge is -2.47. The van der Waals surface area contributed by atoms with Crippen LogP contribution in [0.3, 0.4) is 0 Å². The average Bonchev–Trinajstić information content (AvgIpc) is 3.11. The largest absolute Gasteiger partial charge is 0.338 e. The fourth-order valence-electron chi connectivity index (χ4n) is 4.32. The number of hydrogen-bond donors (Lipinski definition) is 1. The molecule has 1 N–H and O–H groups in total. The molecule has 27 heavy (non-hydrogen) atoms. The summed E-state index contributed by atoms with van der Waals surface area (Å²) in [6, 6.07) is 6.43. The van der Waals surface area contributed by atoms with Crippen molar-refractivity contribution in [2.75, 3.05) is 33.2 Å². The summed E-state index contributed by atoms with van der Waals surface area (Å²) in [5.74, 6) is 0.890. The number of carbonyl (C=O) groups excluding carboxylic acids is 1. The molecule has 2 aliphatic rings. The number of likely N-dealkylation sites (N-methyl/N-ethyl adjacent to an activating group) is 1. The van der Waals surface area contributed by atoms with Gasteiger partial charge in [0.2, 0.25) is 5.91 Å². The molecule has 2 saturated heterocycles. The lowest BCUT2D eigenvalue weighted by Crippen LogP contribution is -2.56. The van der Waals surface area contributed by atoms with Crippen LogP contribution in [-0.2, 0) is 11.3 Å². The van der Waals surface area contributed by atoms with Crippen LogP contribution in [-0.4, -0.2) is 65.3 Å². The molecular formula is C18H27Cl2N5O2. The van der Waals surface area contributed by atoms with Gasteiger partial charge in [0.25, 0.3) is 0 Å². The van der Waals surface area contributed by atoms with Gasteiger partial charge in [0.1, 0.15) is 11.0 Å². The van der Waals surface area contributed by atoms with Crippen LogP contribution in [0, 0.1) is 5.92 Å². The van der Waals surface area contributed by atoms with Crippen LogP contribution in [0.25, 0.3) is 11.0 Å². The predicted octanol–water partition coefficient (Wildman–Crippen LogP) is 2.10. The van der Waals surface area contributed by atoms with Crippen LogP contribution in [0.15, 0.2) is 22.8 Å². The Morgan fingerprint density at radius 3 is 2.93 bits per heavy atom. The van der Waals surface area contributed by atoms with Gasteiger partial charge in [-0.25, -0.2) is 4.63 Å². The van der Waals surface area contributed by atoms with E-state index in [9.17, 15) is 4.79 Å². The number of carbonyl (C=O) groups is 1. The van der Waals surface area contributed by atoms with Gasteiger partial charge in [-0.05, 0) is 47.8 Å². The number of aromatic nitrogens is 2. The molecule has 1 amide bonds. The number of hydrogen-bond acceptors (Lipinski definition) is 6. The standard InChI is InChI=1S/C18H25N5O2.2ClH/c1-19-8-10-23-16-7-9-22(11-13(16)5-6-17(23)24)12-14-3-2-4-15-18(14)21-25-20-15;;/h2-4,13,16,19H,5-12H2,1H3;2*1H/t13-,16+;;/m0../s1. The molecule has 0 radical (unpaired) electrons. The van der Waals surface area contributed by atoms with E-state index in [2.05, 4.69) is 31.5 Å². The molecule has 0 aliphatic carbocycles. The number of benzene rings is 1. The summed E-state index contributed by atoms with van der Waals surface area (Å²) in [5, 5.41) is 11.1. The Kier molecular flexibility index (Phi) is 7.85. The lowest BCUT2D eigenvalue weighted by atomic mass is 9.83.